The van der Waals surface area contributed by atoms with E-state index in [1.54, 1.807) is 12.1 Å². The maximum atomic E-state index is 11.3. The summed E-state index contributed by atoms with van der Waals surface area (Å²) in [5.41, 5.74) is 0.741. The molecule has 0 unspecified atom stereocenters. The minimum absolute atomic E-state index is 0.0891. The highest BCUT2D eigenvalue weighted by molar-refractivity contribution is 6.12. The van der Waals surface area contributed by atoms with Crippen LogP contribution < -0.4 is 0 Å². The van der Waals surface area contributed by atoms with Crippen molar-refractivity contribution in [2.45, 2.75) is 6.54 Å². The molecule has 1 aromatic rings. The zero-order valence-corrected chi connectivity index (χ0v) is 8.79. The van der Waals surface area contributed by atoms with Crippen LogP contribution in [0.25, 0.3) is 0 Å². The maximum Gasteiger partial charge on any atom is 0.335 e. The van der Waals surface area contributed by atoms with Crippen LogP contribution in [0, 0.1) is 0 Å². The van der Waals surface area contributed by atoms with E-state index in [0.29, 0.717) is 5.56 Å². The van der Waals surface area contributed by atoms with Crippen LogP contribution in [0.2, 0.25) is 0 Å². The van der Waals surface area contributed by atoms with Crippen molar-refractivity contribution in [3.63, 3.8) is 0 Å². The molecule has 1 aliphatic heterocycles. The second-order valence-electron chi connectivity index (χ2n) is 3.60. The zero-order chi connectivity index (χ0) is 12.4. The minimum Gasteiger partial charge on any atom is -0.478 e. The van der Waals surface area contributed by atoms with Gasteiger partial charge in [-0.3, -0.25) is 14.5 Å². The number of rotatable bonds is 3. The monoisotopic (exact) mass is 231 g/mol. The molecule has 0 fully saturated rings. The lowest BCUT2D eigenvalue weighted by Gasteiger charge is -2.13. The smallest absolute Gasteiger partial charge is 0.335 e. The van der Waals surface area contributed by atoms with E-state index in [4.69, 9.17) is 5.11 Å². The Hall–Kier alpha value is -2.43. The molecule has 0 saturated heterocycles. The van der Waals surface area contributed by atoms with Gasteiger partial charge in [0.05, 0.1) is 12.1 Å². The van der Waals surface area contributed by atoms with Crippen LogP contribution in [0.1, 0.15) is 15.9 Å². The Kier molecular flexibility index (Phi) is 2.74. The van der Waals surface area contributed by atoms with Crippen molar-refractivity contribution in [3.8, 4) is 0 Å². The van der Waals surface area contributed by atoms with Gasteiger partial charge < -0.3 is 5.11 Å². The molecular weight excluding hydrogens is 222 g/mol. The molecule has 2 rings (SSSR count). The maximum absolute atomic E-state index is 11.3. The largest absolute Gasteiger partial charge is 0.478 e. The molecule has 0 aliphatic carbocycles. The first-order valence-electron chi connectivity index (χ1n) is 4.94. The van der Waals surface area contributed by atoms with E-state index in [9.17, 15) is 14.4 Å². The molecule has 1 aliphatic rings. The van der Waals surface area contributed by atoms with E-state index >= 15 is 0 Å². The van der Waals surface area contributed by atoms with Gasteiger partial charge in [-0.2, -0.15) is 0 Å². The summed E-state index contributed by atoms with van der Waals surface area (Å²) in [6.07, 6.45) is 2.40. The normalized spacial score (nSPS) is 14.5. The summed E-state index contributed by atoms with van der Waals surface area (Å²) in [4.78, 5) is 34.4. The average Bonchev–Trinajstić information content (AvgIpc) is 2.61. The Bertz CT molecular complexity index is 515. The van der Waals surface area contributed by atoms with E-state index in [0.717, 1.165) is 4.90 Å². The fraction of sp³-hybridized carbons (Fsp3) is 0.0833. The van der Waals surface area contributed by atoms with Crippen molar-refractivity contribution >= 4 is 17.8 Å². The molecule has 0 radical (unpaired) electrons. The highest BCUT2D eigenvalue weighted by atomic mass is 16.4. The van der Waals surface area contributed by atoms with Crippen molar-refractivity contribution in [2.24, 2.45) is 0 Å². The van der Waals surface area contributed by atoms with Gasteiger partial charge >= 0.3 is 5.97 Å². The van der Waals surface area contributed by atoms with Crippen molar-refractivity contribution in [1.29, 1.82) is 0 Å². The number of carbonyl (C=O) groups excluding carboxylic acids is 2. The second-order valence-corrected chi connectivity index (χ2v) is 3.60. The summed E-state index contributed by atoms with van der Waals surface area (Å²) in [5.74, 6) is -1.80. The van der Waals surface area contributed by atoms with Gasteiger partial charge in [0.1, 0.15) is 0 Å². The van der Waals surface area contributed by atoms with Gasteiger partial charge in [0.2, 0.25) is 0 Å². The summed E-state index contributed by atoms with van der Waals surface area (Å²) in [6, 6.07) is 6.15. The van der Waals surface area contributed by atoms with Gasteiger partial charge in [-0.15, -0.1) is 0 Å². The van der Waals surface area contributed by atoms with Gasteiger partial charge in [-0.05, 0) is 17.7 Å². The summed E-state index contributed by atoms with van der Waals surface area (Å²) >= 11 is 0. The predicted molar refractivity (Wildman–Crippen MR) is 58.1 cm³/mol. The Morgan fingerprint density at radius 2 is 1.82 bits per heavy atom. The molecule has 86 valence electrons. The molecule has 1 aromatic carbocycles. The van der Waals surface area contributed by atoms with Crippen LogP contribution in [-0.2, 0) is 16.1 Å². The quantitative estimate of drug-likeness (QED) is 0.781. The van der Waals surface area contributed by atoms with E-state index < -0.39 is 5.97 Å². The van der Waals surface area contributed by atoms with Gasteiger partial charge in [-0.25, -0.2) is 4.79 Å². The Morgan fingerprint density at radius 1 is 1.18 bits per heavy atom. The van der Waals surface area contributed by atoms with Crippen molar-refractivity contribution in [1.82, 2.24) is 4.90 Å². The number of benzene rings is 1. The van der Waals surface area contributed by atoms with E-state index in [1.807, 2.05) is 0 Å². The first kappa shape index (κ1) is 11.1. The third-order valence-electron chi connectivity index (χ3n) is 2.42. The molecule has 0 spiro atoms. The van der Waals surface area contributed by atoms with E-state index in [-0.39, 0.29) is 23.9 Å². The number of hydrogen-bond donors (Lipinski definition) is 1. The van der Waals surface area contributed by atoms with Gasteiger partial charge in [0.25, 0.3) is 11.8 Å². The molecule has 5 nitrogen and oxygen atoms in total. The molecular formula is C12H9NO4. The predicted octanol–water partition coefficient (Wildman–Crippen LogP) is 0.810. The average molecular weight is 231 g/mol. The molecule has 0 aromatic heterocycles. The van der Waals surface area contributed by atoms with E-state index in [1.165, 1.54) is 24.3 Å². The van der Waals surface area contributed by atoms with Gasteiger partial charge in [0.15, 0.2) is 0 Å². The Labute approximate surface area is 97.0 Å². The first-order chi connectivity index (χ1) is 8.08. The number of amides is 2. The van der Waals surface area contributed by atoms with Gasteiger partial charge in [-0.1, -0.05) is 12.1 Å². The van der Waals surface area contributed by atoms with Crippen molar-refractivity contribution < 1.29 is 19.5 Å². The lowest BCUT2D eigenvalue weighted by Crippen LogP contribution is -2.29. The number of carbonyl (C=O) groups is 3. The molecule has 17 heavy (non-hydrogen) atoms. The van der Waals surface area contributed by atoms with Gasteiger partial charge in [0, 0.05) is 12.2 Å². The molecule has 0 bridgehead atoms. The zero-order valence-electron chi connectivity index (χ0n) is 8.79. The molecule has 1 N–H and O–H groups in total. The van der Waals surface area contributed by atoms with Crippen LogP contribution in [0.3, 0.4) is 0 Å². The van der Waals surface area contributed by atoms with Crippen molar-refractivity contribution in [3.05, 3.63) is 47.5 Å². The first-order valence-corrected chi connectivity index (χ1v) is 4.94. The second kappa shape index (κ2) is 4.21. The Morgan fingerprint density at radius 3 is 2.41 bits per heavy atom. The standard InChI is InChI=1S/C12H9NO4/c14-10-4-5-11(15)13(10)7-8-2-1-3-9(6-8)12(16)17/h1-6H,7H2,(H,16,17). The molecule has 0 saturated carbocycles. The molecule has 2 amide bonds. The summed E-state index contributed by atoms with van der Waals surface area (Å²) in [7, 11) is 0. The Balaban J connectivity index is 2.19. The van der Waals surface area contributed by atoms with Crippen LogP contribution >= 0.6 is 0 Å². The number of hydrogen-bond acceptors (Lipinski definition) is 3. The van der Waals surface area contributed by atoms with Crippen LogP contribution in [0.5, 0.6) is 0 Å². The lowest BCUT2D eigenvalue weighted by molar-refractivity contribution is -0.137. The lowest BCUT2D eigenvalue weighted by atomic mass is 10.1. The number of aromatic carboxylic acids is 1. The number of nitrogens with zero attached hydrogens (tertiary/aromatic N) is 1. The molecule has 1 heterocycles. The van der Waals surface area contributed by atoms with Crippen LogP contribution in [0.15, 0.2) is 36.4 Å². The third-order valence-corrected chi connectivity index (χ3v) is 2.42. The topological polar surface area (TPSA) is 74.7 Å². The van der Waals surface area contributed by atoms with E-state index in [2.05, 4.69) is 0 Å². The summed E-state index contributed by atoms with van der Waals surface area (Å²) in [5, 5.41) is 8.81. The summed E-state index contributed by atoms with van der Waals surface area (Å²) in [6.45, 7) is 0.0891. The third kappa shape index (κ3) is 2.23. The number of imide groups is 1. The minimum atomic E-state index is -1.04. The van der Waals surface area contributed by atoms with Crippen LogP contribution in [-0.4, -0.2) is 27.8 Å². The number of carboxylic acids is 1. The fourth-order valence-corrected chi connectivity index (χ4v) is 1.57. The van der Waals surface area contributed by atoms with Crippen molar-refractivity contribution in [2.75, 3.05) is 0 Å². The SMILES string of the molecule is O=C(O)c1cccc(CN2C(=O)C=CC2=O)c1. The fourth-order valence-electron chi connectivity index (χ4n) is 1.57. The highest BCUT2D eigenvalue weighted by Gasteiger charge is 2.23. The molecule has 5 heteroatoms. The van der Waals surface area contributed by atoms with Crippen LogP contribution in [0.4, 0.5) is 0 Å². The summed E-state index contributed by atoms with van der Waals surface area (Å²) < 4.78 is 0. The number of carboxylic acid groups (broad SMARTS) is 1. The molecule has 0 atom stereocenters. The highest BCUT2D eigenvalue weighted by Crippen LogP contribution is 2.12.